The molecule has 0 aromatic rings. The van der Waals surface area contributed by atoms with E-state index in [2.05, 4.69) is 41.0 Å². The number of unbranched alkanes of at least 4 members (excludes halogenated alkanes) is 1. The minimum absolute atomic E-state index is 0.792. The summed E-state index contributed by atoms with van der Waals surface area (Å²) >= 11 is 0. The van der Waals surface area contributed by atoms with Crippen molar-refractivity contribution in [3.05, 3.63) is 0 Å². The number of piperazine rings is 1. The van der Waals surface area contributed by atoms with Crippen LogP contribution in [0.3, 0.4) is 0 Å². The third kappa shape index (κ3) is 8.88. The third-order valence-corrected chi connectivity index (χ3v) is 5.06. The molecule has 0 atom stereocenters. The fourth-order valence-corrected chi connectivity index (χ4v) is 3.02. The van der Waals surface area contributed by atoms with Crippen LogP contribution in [0.4, 0.5) is 0 Å². The van der Waals surface area contributed by atoms with E-state index in [9.17, 15) is 0 Å². The smallest absolute Gasteiger partial charge is 0.193 e. The number of guanidine groups is 1. The zero-order chi connectivity index (χ0) is 17.9. The normalized spacial score (nSPS) is 20.0. The Hall–Kier alpha value is -0.850. The molecular weight excluding hydrogens is 314 g/mol. The standard InChI is InChI=1S/C19H39N5O/c1-4-20-19(23(3)15-16-25-17-18-7-8-18)21-9-5-6-10-24-13-11-22(2)12-14-24/h18H,4-17H2,1-3H3,(H,20,21). The summed E-state index contributed by atoms with van der Waals surface area (Å²) in [6.07, 6.45) is 5.11. The van der Waals surface area contributed by atoms with Crippen LogP contribution in [0.15, 0.2) is 4.99 Å². The Kier molecular flexibility index (Phi) is 9.58. The summed E-state index contributed by atoms with van der Waals surface area (Å²) in [6, 6.07) is 0. The van der Waals surface area contributed by atoms with Crippen LogP contribution < -0.4 is 5.32 Å². The molecule has 1 saturated carbocycles. The van der Waals surface area contributed by atoms with E-state index < -0.39 is 0 Å². The number of likely N-dealkylation sites (N-methyl/N-ethyl adjacent to an activating group) is 2. The second-order valence-corrected chi connectivity index (χ2v) is 7.53. The first kappa shape index (κ1) is 20.5. The number of aliphatic imine (C=N–C) groups is 1. The van der Waals surface area contributed by atoms with Crippen LogP contribution in [0.5, 0.6) is 0 Å². The molecule has 6 nitrogen and oxygen atoms in total. The largest absolute Gasteiger partial charge is 0.379 e. The Bertz CT molecular complexity index is 378. The fourth-order valence-electron chi connectivity index (χ4n) is 3.02. The first-order valence-corrected chi connectivity index (χ1v) is 10.2. The Morgan fingerprint density at radius 3 is 2.64 bits per heavy atom. The second kappa shape index (κ2) is 11.7. The minimum Gasteiger partial charge on any atom is -0.379 e. The van der Waals surface area contributed by atoms with E-state index in [0.29, 0.717) is 0 Å². The van der Waals surface area contributed by atoms with Gasteiger partial charge < -0.3 is 24.8 Å². The lowest BCUT2D eigenvalue weighted by molar-refractivity contribution is 0.115. The lowest BCUT2D eigenvalue weighted by Gasteiger charge is -2.32. The van der Waals surface area contributed by atoms with Crippen molar-refractivity contribution in [1.82, 2.24) is 20.0 Å². The van der Waals surface area contributed by atoms with Crippen molar-refractivity contribution in [3.63, 3.8) is 0 Å². The van der Waals surface area contributed by atoms with Crippen molar-refractivity contribution in [2.45, 2.75) is 32.6 Å². The highest BCUT2D eigenvalue weighted by atomic mass is 16.5. The van der Waals surface area contributed by atoms with Gasteiger partial charge in [0.1, 0.15) is 0 Å². The van der Waals surface area contributed by atoms with Gasteiger partial charge in [-0.25, -0.2) is 0 Å². The second-order valence-electron chi connectivity index (χ2n) is 7.53. The van der Waals surface area contributed by atoms with Crippen molar-refractivity contribution in [3.8, 4) is 0 Å². The molecule has 25 heavy (non-hydrogen) atoms. The highest BCUT2D eigenvalue weighted by Crippen LogP contribution is 2.28. The maximum atomic E-state index is 5.74. The van der Waals surface area contributed by atoms with E-state index >= 15 is 0 Å². The molecule has 6 heteroatoms. The number of hydrogen-bond donors (Lipinski definition) is 1. The van der Waals surface area contributed by atoms with E-state index in [0.717, 1.165) is 51.1 Å². The van der Waals surface area contributed by atoms with Crippen molar-refractivity contribution < 1.29 is 4.74 Å². The fraction of sp³-hybridized carbons (Fsp3) is 0.947. The molecule has 2 rings (SSSR count). The van der Waals surface area contributed by atoms with Crippen molar-refractivity contribution in [1.29, 1.82) is 0 Å². The van der Waals surface area contributed by atoms with Gasteiger partial charge >= 0.3 is 0 Å². The highest BCUT2D eigenvalue weighted by molar-refractivity contribution is 5.79. The number of nitrogens with one attached hydrogen (secondary N) is 1. The van der Waals surface area contributed by atoms with E-state index in [-0.39, 0.29) is 0 Å². The SMILES string of the molecule is CCNC(=NCCCCN1CCN(C)CC1)N(C)CCOCC1CC1. The molecule has 146 valence electrons. The van der Waals surface area contributed by atoms with Crippen molar-refractivity contribution in [2.75, 3.05) is 79.7 Å². The molecule has 1 N–H and O–H groups in total. The lowest BCUT2D eigenvalue weighted by Crippen LogP contribution is -2.44. The molecule has 2 fully saturated rings. The van der Waals surface area contributed by atoms with Gasteiger partial charge in [0.05, 0.1) is 6.61 Å². The van der Waals surface area contributed by atoms with Crippen LogP contribution in [0.1, 0.15) is 32.6 Å². The predicted octanol–water partition coefficient (Wildman–Crippen LogP) is 1.34. The maximum absolute atomic E-state index is 5.74. The molecule has 1 saturated heterocycles. The summed E-state index contributed by atoms with van der Waals surface area (Å²) in [7, 11) is 4.31. The van der Waals surface area contributed by atoms with E-state index in [1.807, 2.05) is 0 Å². The molecule has 1 heterocycles. The Morgan fingerprint density at radius 1 is 1.20 bits per heavy atom. The van der Waals surface area contributed by atoms with Crippen LogP contribution in [0.2, 0.25) is 0 Å². The van der Waals surface area contributed by atoms with Gasteiger partial charge in [-0.3, -0.25) is 4.99 Å². The average Bonchev–Trinajstić information content (AvgIpc) is 3.43. The molecule has 2 aliphatic rings. The molecule has 0 radical (unpaired) electrons. The minimum atomic E-state index is 0.792. The quantitative estimate of drug-likeness (QED) is 0.345. The summed E-state index contributed by atoms with van der Waals surface area (Å²) in [4.78, 5) is 12.0. The van der Waals surface area contributed by atoms with E-state index in [4.69, 9.17) is 9.73 Å². The highest BCUT2D eigenvalue weighted by Gasteiger charge is 2.21. The van der Waals surface area contributed by atoms with E-state index in [1.165, 1.54) is 52.0 Å². The van der Waals surface area contributed by atoms with Crippen LogP contribution >= 0.6 is 0 Å². The molecule has 0 aromatic heterocycles. The summed E-state index contributed by atoms with van der Waals surface area (Å²) in [6.45, 7) is 12.6. The number of rotatable bonds is 11. The Labute approximate surface area is 154 Å². The predicted molar refractivity (Wildman–Crippen MR) is 105 cm³/mol. The van der Waals surface area contributed by atoms with Crippen LogP contribution in [0.25, 0.3) is 0 Å². The molecule has 0 spiro atoms. The molecule has 0 aromatic carbocycles. The molecule has 0 bridgehead atoms. The van der Waals surface area contributed by atoms with Gasteiger partial charge in [-0.2, -0.15) is 0 Å². The first-order valence-electron chi connectivity index (χ1n) is 10.2. The van der Waals surface area contributed by atoms with Crippen molar-refractivity contribution in [2.24, 2.45) is 10.9 Å². The number of ether oxygens (including phenoxy) is 1. The number of hydrogen-bond acceptors (Lipinski definition) is 4. The molecule has 1 aliphatic carbocycles. The van der Waals surface area contributed by atoms with Gasteiger partial charge in [-0.15, -0.1) is 0 Å². The molecule has 0 unspecified atom stereocenters. The monoisotopic (exact) mass is 353 g/mol. The summed E-state index contributed by atoms with van der Waals surface area (Å²) in [5, 5.41) is 3.39. The van der Waals surface area contributed by atoms with Gasteiger partial charge in [0.15, 0.2) is 5.96 Å². The Balaban J connectivity index is 1.57. The zero-order valence-corrected chi connectivity index (χ0v) is 16.7. The van der Waals surface area contributed by atoms with Gasteiger partial charge in [-0.05, 0) is 52.1 Å². The van der Waals surface area contributed by atoms with Gasteiger partial charge in [0, 0.05) is 59.5 Å². The summed E-state index contributed by atoms with van der Waals surface area (Å²) in [5.74, 6) is 1.85. The summed E-state index contributed by atoms with van der Waals surface area (Å²) in [5.41, 5.74) is 0. The third-order valence-electron chi connectivity index (χ3n) is 5.06. The van der Waals surface area contributed by atoms with Gasteiger partial charge in [0.25, 0.3) is 0 Å². The van der Waals surface area contributed by atoms with Gasteiger partial charge in [-0.1, -0.05) is 0 Å². The number of nitrogens with zero attached hydrogens (tertiary/aromatic N) is 4. The molecule has 1 aliphatic heterocycles. The average molecular weight is 354 g/mol. The summed E-state index contributed by atoms with van der Waals surface area (Å²) < 4.78 is 5.74. The maximum Gasteiger partial charge on any atom is 0.193 e. The van der Waals surface area contributed by atoms with Crippen LogP contribution in [-0.4, -0.2) is 100 Å². The topological polar surface area (TPSA) is 43.3 Å². The van der Waals surface area contributed by atoms with Crippen molar-refractivity contribution >= 4 is 5.96 Å². The van der Waals surface area contributed by atoms with Gasteiger partial charge in [0.2, 0.25) is 0 Å². The van der Waals surface area contributed by atoms with Crippen LogP contribution in [0, 0.1) is 5.92 Å². The molecule has 0 amide bonds. The zero-order valence-electron chi connectivity index (χ0n) is 16.7. The van der Waals surface area contributed by atoms with Crippen LogP contribution in [-0.2, 0) is 4.74 Å². The first-order chi connectivity index (χ1) is 12.2. The lowest BCUT2D eigenvalue weighted by atomic mass is 10.2. The van der Waals surface area contributed by atoms with E-state index in [1.54, 1.807) is 0 Å². The Morgan fingerprint density at radius 2 is 1.96 bits per heavy atom. The molecular formula is C19H39N5O.